The molecular formula is C15H13F4NO3S. The van der Waals surface area contributed by atoms with E-state index in [1.807, 2.05) is 11.6 Å². The standard InChI is InChI=1S/C15H13F4NO3S/c1-8-3-5-9(6-4-8)7-20-24(21,22)15-12(18)10(16)14(23-2)11(17)13(15)19/h3-6,20H,7H2,1-2H3. The van der Waals surface area contributed by atoms with Gasteiger partial charge in [0.2, 0.25) is 21.7 Å². The molecule has 0 amide bonds. The van der Waals surface area contributed by atoms with Crippen LogP contribution in [0.2, 0.25) is 0 Å². The second kappa shape index (κ2) is 6.78. The Morgan fingerprint density at radius 2 is 1.46 bits per heavy atom. The van der Waals surface area contributed by atoms with Crippen LogP contribution in [0.15, 0.2) is 29.2 Å². The summed E-state index contributed by atoms with van der Waals surface area (Å²) in [4.78, 5) is -1.73. The van der Waals surface area contributed by atoms with Crippen LogP contribution in [0.25, 0.3) is 0 Å². The Balaban J connectivity index is 2.41. The van der Waals surface area contributed by atoms with Crippen molar-refractivity contribution in [2.75, 3.05) is 7.11 Å². The molecule has 0 heterocycles. The van der Waals surface area contributed by atoms with E-state index in [4.69, 9.17) is 0 Å². The number of aryl methyl sites for hydroxylation is 1. The predicted octanol–water partition coefficient (Wildman–Crippen LogP) is 3.04. The first-order chi connectivity index (χ1) is 11.2. The van der Waals surface area contributed by atoms with E-state index in [-0.39, 0.29) is 6.54 Å². The number of hydrogen-bond acceptors (Lipinski definition) is 3. The van der Waals surface area contributed by atoms with E-state index < -0.39 is 43.9 Å². The molecule has 0 atom stereocenters. The van der Waals surface area contributed by atoms with Gasteiger partial charge in [0.05, 0.1) is 7.11 Å². The van der Waals surface area contributed by atoms with Gasteiger partial charge in [-0.15, -0.1) is 0 Å². The molecule has 2 rings (SSSR count). The monoisotopic (exact) mass is 363 g/mol. The van der Waals surface area contributed by atoms with Crippen molar-refractivity contribution in [3.05, 3.63) is 58.7 Å². The van der Waals surface area contributed by atoms with Crippen molar-refractivity contribution < 1.29 is 30.7 Å². The third-order valence-corrected chi connectivity index (χ3v) is 4.66. The molecule has 0 fully saturated rings. The lowest BCUT2D eigenvalue weighted by molar-refractivity contribution is 0.322. The van der Waals surface area contributed by atoms with Gasteiger partial charge in [0.1, 0.15) is 0 Å². The highest BCUT2D eigenvalue weighted by atomic mass is 32.2. The molecule has 24 heavy (non-hydrogen) atoms. The lowest BCUT2D eigenvalue weighted by Gasteiger charge is -2.12. The highest BCUT2D eigenvalue weighted by Crippen LogP contribution is 2.32. The molecule has 0 unspecified atom stereocenters. The minimum atomic E-state index is -4.84. The van der Waals surface area contributed by atoms with Gasteiger partial charge < -0.3 is 4.74 Å². The van der Waals surface area contributed by atoms with Gasteiger partial charge in [-0.3, -0.25) is 0 Å². The van der Waals surface area contributed by atoms with E-state index >= 15 is 0 Å². The molecule has 0 bridgehead atoms. The maximum Gasteiger partial charge on any atom is 0.246 e. The first-order valence-electron chi connectivity index (χ1n) is 6.64. The maximum atomic E-state index is 13.9. The average molecular weight is 363 g/mol. The van der Waals surface area contributed by atoms with Gasteiger partial charge >= 0.3 is 0 Å². The highest BCUT2D eigenvalue weighted by Gasteiger charge is 2.33. The molecule has 2 aromatic rings. The van der Waals surface area contributed by atoms with E-state index in [0.717, 1.165) is 12.7 Å². The molecule has 0 saturated heterocycles. The van der Waals surface area contributed by atoms with E-state index in [9.17, 15) is 26.0 Å². The Bertz CT molecular complexity index is 838. The Labute approximate surface area is 136 Å². The summed E-state index contributed by atoms with van der Waals surface area (Å²) in [6.07, 6.45) is 0. The number of benzene rings is 2. The Hall–Kier alpha value is -2.13. The molecule has 130 valence electrons. The van der Waals surface area contributed by atoms with Gasteiger partial charge in [-0.25, -0.2) is 21.9 Å². The number of halogens is 4. The zero-order valence-electron chi connectivity index (χ0n) is 12.7. The van der Waals surface area contributed by atoms with Crippen LogP contribution in [-0.4, -0.2) is 15.5 Å². The number of methoxy groups -OCH3 is 1. The average Bonchev–Trinajstić information content (AvgIpc) is 2.53. The van der Waals surface area contributed by atoms with Gasteiger partial charge in [0, 0.05) is 6.54 Å². The van der Waals surface area contributed by atoms with Crippen molar-refractivity contribution in [3.63, 3.8) is 0 Å². The zero-order valence-corrected chi connectivity index (χ0v) is 13.5. The molecular weight excluding hydrogens is 350 g/mol. The third-order valence-electron chi connectivity index (χ3n) is 3.24. The van der Waals surface area contributed by atoms with Crippen molar-refractivity contribution >= 4 is 10.0 Å². The largest absolute Gasteiger partial charge is 0.491 e. The van der Waals surface area contributed by atoms with Gasteiger partial charge in [-0.1, -0.05) is 29.8 Å². The molecule has 0 saturated carbocycles. The summed E-state index contributed by atoms with van der Waals surface area (Å²) in [5.41, 5.74) is 1.43. The van der Waals surface area contributed by atoms with Crippen molar-refractivity contribution in [2.24, 2.45) is 0 Å². The minimum absolute atomic E-state index is 0.309. The van der Waals surface area contributed by atoms with Crippen LogP contribution in [0.1, 0.15) is 11.1 Å². The Morgan fingerprint density at radius 3 is 1.92 bits per heavy atom. The van der Waals surface area contributed by atoms with Crippen LogP contribution in [0.3, 0.4) is 0 Å². The second-order valence-electron chi connectivity index (χ2n) is 4.93. The quantitative estimate of drug-likeness (QED) is 0.656. The molecule has 2 aromatic carbocycles. The summed E-state index contributed by atoms with van der Waals surface area (Å²) in [6.45, 7) is 1.51. The topological polar surface area (TPSA) is 55.4 Å². The summed E-state index contributed by atoms with van der Waals surface area (Å²) in [6, 6.07) is 6.61. The van der Waals surface area contributed by atoms with Crippen molar-refractivity contribution in [1.82, 2.24) is 4.72 Å². The molecule has 0 aliphatic carbocycles. The van der Waals surface area contributed by atoms with Crippen molar-refractivity contribution in [1.29, 1.82) is 0 Å². The lowest BCUT2D eigenvalue weighted by Crippen LogP contribution is -2.26. The van der Waals surface area contributed by atoms with Crippen LogP contribution in [-0.2, 0) is 16.6 Å². The predicted molar refractivity (Wildman–Crippen MR) is 78.0 cm³/mol. The van der Waals surface area contributed by atoms with Crippen LogP contribution in [0.4, 0.5) is 17.6 Å². The number of hydrogen-bond donors (Lipinski definition) is 1. The Morgan fingerprint density at radius 1 is 0.958 bits per heavy atom. The van der Waals surface area contributed by atoms with Gasteiger partial charge in [-0.05, 0) is 12.5 Å². The van der Waals surface area contributed by atoms with E-state index in [1.54, 1.807) is 24.3 Å². The minimum Gasteiger partial charge on any atom is -0.491 e. The van der Waals surface area contributed by atoms with Crippen LogP contribution < -0.4 is 9.46 Å². The molecule has 0 aromatic heterocycles. The number of sulfonamides is 1. The van der Waals surface area contributed by atoms with Crippen molar-refractivity contribution in [2.45, 2.75) is 18.4 Å². The molecule has 9 heteroatoms. The zero-order chi connectivity index (χ0) is 18.1. The molecule has 1 N–H and O–H groups in total. The SMILES string of the molecule is COc1c(F)c(F)c(S(=O)(=O)NCc2ccc(C)cc2)c(F)c1F. The summed E-state index contributed by atoms with van der Waals surface area (Å²) >= 11 is 0. The fraction of sp³-hybridized carbons (Fsp3) is 0.200. The van der Waals surface area contributed by atoms with Crippen molar-refractivity contribution in [3.8, 4) is 5.75 Å². The van der Waals surface area contributed by atoms with Gasteiger partial charge in [0.25, 0.3) is 0 Å². The van der Waals surface area contributed by atoms with Gasteiger partial charge in [-0.2, -0.15) is 8.78 Å². The number of ether oxygens (including phenoxy) is 1. The fourth-order valence-electron chi connectivity index (χ4n) is 1.96. The van der Waals surface area contributed by atoms with Crippen LogP contribution in [0, 0.1) is 30.2 Å². The summed E-state index contributed by atoms with van der Waals surface area (Å²) < 4.78 is 85.3. The summed E-state index contributed by atoms with van der Waals surface area (Å²) in [5, 5.41) is 0. The van der Waals surface area contributed by atoms with Crippen LogP contribution >= 0.6 is 0 Å². The highest BCUT2D eigenvalue weighted by molar-refractivity contribution is 7.89. The molecule has 4 nitrogen and oxygen atoms in total. The summed E-state index contributed by atoms with van der Waals surface area (Å²) in [7, 11) is -4.04. The molecule has 0 radical (unpaired) electrons. The number of nitrogens with one attached hydrogen (secondary N) is 1. The Kier molecular flexibility index (Phi) is 5.14. The molecule has 0 spiro atoms. The first-order valence-corrected chi connectivity index (χ1v) is 8.12. The summed E-state index contributed by atoms with van der Waals surface area (Å²) in [5.74, 6) is -9.29. The fourth-order valence-corrected chi connectivity index (χ4v) is 3.12. The normalized spacial score (nSPS) is 11.6. The lowest BCUT2D eigenvalue weighted by atomic mass is 10.2. The number of rotatable bonds is 5. The van der Waals surface area contributed by atoms with E-state index in [2.05, 4.69) is 4.74 Å². The first kappa shape index (κ1) is 18.2. The maximum absolute atomic E-state index is 13.9. The van der Waals surface area contributed by atoms with Crippen LogP contribution in [0.5, 0.6) is 5.75 Å². The molecule has 0 aliphatic heterocycles. The smallest absolute Gasteiger partial charge is 0.246 e. The van der Waals surface area contributed by atoms with Gasteiger partial charge in [0.15, 0.2) is 22.3 Å². The van der Waals surface area contributed by atoms with E-state index in [1.165, 1.54) is 0 Å². The molecule has 0 aliphatic rings. The third kappa shape index (κ3) is 3.36. The second-order valence-corrected chi connectivity index (χ2v) is 6.63. The van der Waals surface area contributed by atoms with E-state index in [0.29, 0.717) is 5.56 Å².